The molecular formula is C11H17N3O2. The minimum absolute atomic E-state index is 0.124. The molecule has 5 nitrogen and oxygen atoms in total. The molecule has 1 aliphatic heterocycles. The summed E-state index contributed by atoms with van der Waals surface area (Å²) in [7, 11) is 2.13. The molecule has 5 heteroatoms. The molecule has 1 unspecified atom stereocenters. The third-order valence-electron chi connectivity index (χ3n) is 2.96. The van der Waals surface area contributed by atoms with Crippen LogP contribution in [-0.2, 0) is 6.42 Å². The molecule has 2 heterocycles. The maximum Gasteiger partial charge on any atom is 0.293 e. The lowest BCUT2D eigenvalue weighted by molar-refractivity contribution is 0.0972. The molecule has 1 aromatic heterocycles. The van der Waals surface area contributed by atoms with E-state index >= 15 is 0 Å². The molecule has 0 aliphatic carbocycles. The number of Topliss-reactive ketones (excluding diaryl/α,β-unsaturated/α-hetero) is 1. The van der Waals surface area contributed by atoms with Gasteiger partial charge < -0.3 is 9.42 Å². The maximum absolute atomic E-state index is 11.0. The molecule has 1 saturated heterocycles. The molecule has 0 saturated carbocycles. The van der Waals surface area contributed by atoms with Crippen LogP contribution < -0.4 is 0 Å². The minimum atomic E-state index is -0.167. The molecule has 0 amide bonds. The first-order valence-corrected chi connectivity index (χ1v) is 5.67. The van der Waals surface area contributed by atoms with Gasteiger partial charge in [0.25, 0.3) is 5.89 Å². The first-order valence-electron chi connectivity index (χ1n) is 5.67. The third-order valence-corrected chi connectivity index (χ3v) is 2.96. The first-order chi connectivity index (χ1) is 7.65. The van der Waals surface area contributed by atoms with E-state index in [-0.39, 0.29) is 11.7 Å². The summed E-state index contributed by atoms with van der Waals surface area (Å²) >= 11 is 0. The molecule has 16 heavy (non-hydrogen) atoms. The highest BCUT2D eigenvalue weighted by Crippen LogP contribution is 2.18. The summed E-state index contributed by atoms with van der Waals surface area (Å²) in [6, 6.07) is 0. The van der Waals surface area contributed by atoms with Crippen LogP contribution in [0.5, 0.6) is 0 Å². The van der Waals surface area contributed by atoms with E-state index in [1.54, 1.807) is 0 Å². The van der Waals surface area contributed by atoms with Crippen LogP contribution >= 0.6 is 0 Å². The van der Waals surface area contributed by atoms with E-state index in [2.05, 4.69) is 22.1 Å². The SMILES string of the molecule is CC(=O)c1nc(CC2CCCN(C)C2)no1. The van der Waals surface area contributed by atoms with Crippen molar-refractivity contribution in [1.82, 2.24) is 15.0 Å². The average Bonchev–Trinajstić information content (AvgIpc) is 2.66. The number of carbonyl (C=O) groups excluding carboxylic acids is 1. The van der Waals surface area contributed by atoms with E-state index in [4.69, 9.17) is 4.52 Å². The highest BCUT2D eigenvalue weighted by atomic mass is 16.5. The lowest BCUT2D eigenvalue weighted by Gasteiger charge is -2.28. The molecule has 1 aliphatic rings. The zero-order valence-electron chi connectivity index (χ0n) is 9.77. The van der Waals surface area contributed by atoms with E-state index in [9.17, 15) is 4.79 Å². The Morgan fingerprint density at radius 3 is 3.06 bits per heavy atom. The molecule has 0 bridgehead atoms. The highest BCUT2D eigenvalue weighted by molar-refractivity contribution is 5.89. The average molecular weight is 223 g/mol. The fraction of sp³-hybridized carbons (Fsp3) is 0.727. The predicted octanol–water partition coefficient (Wildman–Crippen LogP) is 1.16. The van der Waals surface area contributed by atoms with Gasteiger partial charge in [-0.2, -0.15) is 4.98 Å². The quantitative estimate of drug-likeness (QED) is 0.719. The Bertz CT molecular complexity index is 375. The van der Waals surface area contributed by atoms with Crippen molar-refractivity contribution in [2.45, 2.75) is 26.2 Å². The lowest BCUT2D eigenvalue weighted by Crippen LogP contribution is -2.33. The smallest absolute Gasteiger partial charge is 0.293 e. The first kappa shape index (κ1) is 11.3. The monoisotopic (exact) mass is 223 g/mol. The third kappa shape index (κ3) is 2.66. The van der Waals surface area contributed by atoms with Gasteiger partial charge in [0.05, 0.1) is 0 Å². The van der Waals surface area contributed by atoms with Crippen LogP contribution in [0.15, 0.2) is 4.52 Å². The molecule has 1 atom stereocenters. The zero-order chi connectivity index (χ0) is 11.5. The van der Waals surface area contributed by atoms with E-state index in [1.165, 1.54) is 26.3 Å². The van der Waals surface area contributed by atoms with Crippen molar-refractivity contribution in [2.75, 3.05) is 20.1 Å². The molecule has 1 fully saturated rings. The Kier molecular flexibility index (Phi) is 3.33. The van der Waals surface area contributed by atoms with Crippen molar-refractivity contribution in [3.8, 4) is 0 Å². The van der Waals surface area contributed by atoms with Gasteiger partial charge in [0.2, 0.25) is 5.78 Å². The predicted molar refractivity (Wildman–Crippen MR) is 58.2 cm³/mol. The molecular weight excluding hydrogens is 206 g/mol. The fourth-order valence-electron chi connectivity index (χ4n) is 2.18. The number of hydrogen-bond donors (Lipinski definition) is 0. The summed E-state index contributed by atoms with van der Waals surface area (Å²) in [4.78, 5) is 17.4. The normalized spacial score (nSPS) is 22.2. The van der Waals surface area contributed by atoms with Gasteiger partial charge in [-0.3, -0.25) is 4.79 Å². The second-order valence-corrected chi connectivity index (χ2v) is 4.55. The van der Waals surface area contributed by atoms with Gasteiger partial charge in [-0.05, 0) is 32.4 Å². The zero-order valence-corrected chi connectivity index (χ0v) is 9.77. The van der Waals surface area contributed by atoms with Crippen molar-refractivity contribution in [3.05, 3.63) is 11.7 Å². The summed E-state index contributed by atoms with van der Waals surface area (Å²) in [5, 5.41) is 3.83. The standard InChI is InChI=1S/C11H17N3O2/c1-8(15)11-12-10(13-16-11)6-9-4-3-5-14(2)7-9/h9H,3-7H2,1-2H3. The van der Waals surface area contributed by atoms with Crippen molar-refractivity contribution < 1.29 is 9.32 Å². The second kappa shape index (κ2) is 4.74. The fourth-order valence-corrected chi connectivity index (χ4v) is 2.18. The molecule has 0 spiro atoms. The number of piperidine rings is 1. The van der Waals surface area contributed by atoms with Crippen LogP contribution in [0.1, 0.15) is 36.3 Å². The lowest BCUT2D eigenvalue weighted by atomic mass is 9.95. The van der Waals surface area contributed by atoms with Crippen molar-refractivity contribution in [3.63, 3.8) is 0 Å². The number of nitrogens with zero attached hydrogens (tertiary/aromatic N) is 3. The summed E-state index contributed by atoms with van der Waals surface area (Å²) in [5.41, 5.74) is 0. The largest absolute Gasteiger partial charge is 0.331 e. The molecule has 0 N–H and O–H groups in total. The Balaban J connectivity index is 1.95. The number of aromatic nitrogens is 2. The highest BCUT2D eigenvalue weighted by Gasteiger charge is 2.20. The van der Waals surface area contributed by atoms with Crippen LogP contribution in [0.2, 0.25) is 0 Å². The van der Waals surface area contributed by atoms with Crippen molar-refractivity contribution >= 4 is 5.78 Å². The Labute approximate surface area is 94.8 Å². The van der Waals surface area contributed by atoms with E-state index in [0.717, 1.165) is 13.0 Å². The Morgan fingerprint density at radius 1 is 1.62 bits per heavy atom. The van der Waals surface area contributed by atoms with Crippen LogP contribution in [0.25, 0.3) is 0 Å². The number of rotatable bonds is 3. The van der Waals surface area contributed by atoms with Crippen molar-refractivity contribution in [1.29, 1.82) is 0 Å². The van der Waals surface area contributed by atoms with Crippen LogP contribution in [0.4, 0.5) is 0 Å². The van der Waals surface area contributed by atoms with Gasteiger partial charge in [-0.1, -0.05) is 5.16 Å². The van der Waals surface area contributed by atoms with E-state index in [1.807, 2.05) is 0 Å². The van der Waals surface area contributed by atoms with Gasteiger partial charge in [0.15, 0.2) is 5.82 Å². The number of likely N-dealkylation sites (tertiary alicyclic amines) is 1. The summed E-state index contributed by atoms with van der Waals surface area (Å²) in [5.74, 6) is 1.19. The van der Waals surface area contributed by atoms with Gasteiger partial charge >= 0.3 is 0 Å². The molecule has 1 aromatic rings. The topological polar surface area (TPSA) is 59.2 Å². The van der Waals surface area contributed by atoms with Gasteiger partial charge in [-0.15, -0.1) is 0 Å². The van der Waals surface area contributed by atoms with Crippen LogP contribution in [0.3, 0.4) is 0 Å². The van der Waals surface area contributed by atoms with Gasteiger partial charge in [0.1, 0.15) is 0 Å². The van der Waals surface area contributed by atoms with Crippen LogP contribution in [-0.4, -0.2) is 41.0 Å². The number of hydrogen-bond acceptors (Lipinski definition) is 5. The van der Waals surface area contributed by atoms with Crippen molar-refractivity contribution in [2.24, 2.45) is 5.92 Å². The Hall–Kier alpha value is -1.23. The van der Waals surface area contributed by atoms with Crippen LogP contribution in [0, 0.1) is 5.92 Å². The molecule has 88 valence electrons. The number of carbonyl (C=O) groups is 1. The van der Waals surface area contributed by atoms with Gasteiger partial charge in [-0.25, -0.2) is 0 Å². The van der Waals surface area contributed by atoms with Gasteiger partial charge in [0, 0.05) is 19.9 Å². The summed E-state index contributed by atoms with van der Waals surface area (Å²) < 4.78 is 4.87. The minimum Gasteiger partial charge on any atom is -0.331 e. The molecule has 2 rings (SSSR count). The number of ketones is 1. The molecule has 0 aromatic carbocycles. The van der Waals surface area contributed by atoms with E-state index < -0.39 is 0 Å². The summed E-state index contributed by atoms with van der Waals surface area (Å²) in [6.07, 6.45) is 3.23. The Morgan fingerprint density at radius 2 is 2.44 bits per heavy atom. The second-order valence-electron chi connectivity index (χ2n) is 4.55. The van der Waals surface area contributed by atoms with E-state index in [0.29, 0.717) is 11.7 Å². The molecule has 0 radical (unpaired) electrons. The summed E-state index contributed by atoms with van der Waals surface area (Å²) in [6.45, 7) is 3.68. The maximum atomic E-state index is 11.0.